The molecule has 2 N–H and O–H groups in total. The third kappa shape index (κ3) is 6.61. The van der Waals surface area contributed by atoms with E-state index in [0.717, 1.165) is 11.3 Å². The van der Waals surface area contributed by atoms with Gasteiger partial charge in [0, 0.05) is 22.7 Å². The summed E-state index contributed by atoms with van der Waals surface area (Å²) >= 11 is 2.24. The van der Waals surface area contributed by atoms with E-state index in [1.54, 1.807) is 6.92 Å². The number of carboxylic acids is 1. The molecule has 4 nitrogen and oxygen atoms in total. The molecular weight excluding hydrogens is 345 g/mol. The summed E-state index contributed by atoms with van der Waals surface area (Å²) in [5, 5.41) is 11.6. The highest BCUT2D eigenvalue weighted by Crippen LogP contribution is 2.12. The molecule has 1 aromatic carbocycles. The van der Waals surface area contributed by atoms with Gasteiger partial charge in [-0.3, -0.25) is 0 Å². The van der Waals surface area contributed by atoms with Gasteiger partial charge < -0.3 is 15.2 Å². The van der Waals surface area contributed by atoms with Gasteiger partial charge in [0.05, 0.1) is 0 Å². The summed E-state index contributed by atoms with van der Waals surface area (Å²) < 4.78 is 6.70. The van der Waals surface area contributed by atoms with Gasteiger partial charge in [0.15, 0.2) is 0 Å². The molecule has 0 bridgehead atoms. The van der Waals surface area contributed by atoms with Crippen LogP contribution in [-0.4, -0.2) is 30.8 Å². The Morgan fingerprint density at radius 2 is 2.11 bits per heavy atom. The molecule has 0 radical (unpaired) electrons. The van der Waals surface area contributed by atoms with Crippen molar-refractivity contribution >= 4 is 28.6 Å². The van der Waals surface area contributed by atoms with E-state index in [1.165, 1.54) is 9.65 Å². The largest absolute Gasteiger partial charge is 0.492 e. The number of benzene rings is 1. The number of ether oxygens (including phenoxy) is 1. The molecule has 0 amide bonds. The minimum Gasteiger partial charge on any atom is -0.492 e. The maximum Gasteiger partial charge on any atom is 0.328 e. The van der Waals surface area contributed by atoms with Gasteiger partial charge in [0.2, 0.25) is 0 Å². The molecule has 0 saturated carbocycles. The van der Waals surface area contributed by atoms with E-state index in [1.807, 2.05) is 24.3 Å². The lowest BCUT2D eigenvalue weighted by atomic mass is 10.3. The van der Waals surface area contributed by atoms with E-state index >= 15 is 0 Å². The van der Waals surface area contributed by atoms with Gasteiger partial charge in [-0.15, -0.1) is 0 Å². The van der Waals surface area contributed by atoms with Crippen LogP contribution in [0.25, 0.3) is 0 Å². The highest BCUT2D eigenvalue weighted by molar-refractivity contribution is 14.1. The van der Waals surface area contributed by atoms with Gasteiger partial charge in [-0.05, 0) is 53.8 Å². The Hall–Kier alpha value is -1.08. The molecule has 0 spiro atoms. The van der Waals surface area contributed by atoms with E-state index in [9.17, 15) is 4.79 Å². The highest BCUT2D eigenvalue weighted by atomic mass is 127. The fraction of sp³-hybridized carbons (Fsp3) is 0.308. The molecule has 0 aromatic heterocycles. The van der Waals surface area contributed by atoms with Crippen LogP contribution in [0.15, 0.2) is 35.9 Å². The van der Waals surface area contributed by atoms with Crippen LogP contribution in [0.5, 0.6) is 5.75 Å². The Morgan fingerprint density at radius 3 is 2.72 bits per heavy atom. The lowest BCUT2D eigenvalue weighted by Gasteiger charge is -2.07. The van der Waals surface area contributed by atoms with Gasteiger partial charge in [0.1, 0.15) is 12.4 Å². The van der Waals surface area contributed by atoms with Crippen LogP contribution >= 0.6 is 22.6 Å². The molecular formula is C13H16INO3. The van der Waals surface area contributed by atoms with E-state index < -0.39 is 5.97 Å². The van der Waals surface area contributed by atoms with Crippen molar-refractivity contribution in [2.75, 3.05) is 19.7 Å². The van der Waals surface area contributed by atoms with Crippen LogP contribution in [0.1, 0.15) is 6.92 Å². The Balaban J connectivity index is 2.16. The van der Waals surface area contributed by atoms with Gasteiger partial charge in [-0.1, -0.05) is 5.57 Å². The summed E-state index contributed by atoms with van der Waals surface area (Å²) in [4.78, 5) is 10.4. The Morgan fingerprint density at radius 1 is 1.44 bits per heavy atom. The van der Waals surface area contributed by atoms with Gasteiger partial charge >= 0.3 is 5.97 Å². The minimum absolute atomic E-state index is 0.556. The molecule has 0 atom stereocenters. The SMILES string of the molecule is C/C(=C\C(=O)O)CNCCOc1ccc(I)cc1. The second kappa shape index (κ2) is 8.10. The van der Waals surface area contributed by atoms with Crippen LogP contribution in [0.3, 0.4) is 0 Å². The monoisotopic (exact) mass is 361 g/mol. The average Bonchev–Trinajstić information content (AvgIpc) is 2.30. The number of carbonyl (C=O) groups is 1. The zero-order valence-electron chi connectivity index (χ0n) is 10.1. The van der Waals surface area contributed by atoms with Crippen LogP contribution in [0.4, 0.5) is 0 Å². The van der Waals surface area contributed by atoms with Crippen molar-refractivity contribution in [2.45, 2.75) is 6.92 Å². The second-order valence-electron chi connectivity index (χ2n) is 3.81. The quantitative estimate of drug-likeness (QED) is 0.445. The van der Waals surface area contributed by atoms with E-state index in [2.05, 4.69) is 27.9 Å². The Labute approximate surface area is 120 Å². The number of halogens is 1. The van der Waals surface area contributed by atoms with Gasteiger partial charge in [-0.25, -0.2) is 4.79 Å². The van der Waals surface area contributed by atoms with Crippen LogP contribution in [-0.2, 0) is 4.79 Å². The molecule has 0 unspecified atom stereocenters. The molecule has 0 heterocycles. The number of hydrogen-bond acceptors (Lipinski definition) is 3. The maximum atomic E-state index is 10.4. The first-order valence-electron chi connectivity index (χ1n) is 5.57. The zero-order valence-corrected chi connectivity index (χ0v) is 12.3. The number of rotatable bonds is 7. The Bertz CT molecular complexity index is 415. The molecule has 18 heavy (non-hydrogen) atoms. The predicted octanol–water partition coefficient (Wildman–Crippen LogP) is 2.29. The van der Waals surface area contributed by atoms with E-state index in [4.69, 9.17) is 9.84 Å². The minimum atomic E-state index is -0.913. The number of hydrogen-bond donors (Lipinski definition) is 2. The van der Waals surface area contributed by atoms with Gasteiger partial charge in [0.25, 0.3) is 0 Å². The van der Waals surface area contributed by atoms with Crippen molar-refractivity contribution in [1.29, 1.82) is 0 Å². The topological polar surface area (TPSA) is 58.6 Å². The molecule has 0 saturated heterocycles. The van der Waals surface area contributed by atoms with Crippen LogP contribution in [0, 0.1) is 3.57 Å². The fourth-order valence-electron chi connectivity index (χ4n) is 1.32. The van der Waals surface area contributed by atoms with Crippen molar-refractivity contribution in [2.24, 2.45) is 0 Å². The van der Waals surface area contributed by atoms with Crippen molar-refractivity contribution in [3.8, 4) is 5.75 Å². The number of carboxylic acid groups (broad SMARTS) is 1. The molecule has 0 aliphatic rings. The first kappa shape index (κ1) is 15.0. The summed E-state index contributed by atoms with van der Waals surface area (Å²) in [6, 6.07) is 7.83. The molecule has 5 heteroatoms. The predicted molar refractivity (Wildman–Crippen MR) is 78.9 cm³/mol. The van der Waals surface area contributed by atoms with E-state index in [0.29, 0.717) is 19.7 Å². The standard InChI is InChI=1S/C13H16INO3/c1-10(8-13(16)17)9-15-6-7-18-12-4-2-11(14)3-5-12/h2-5,8,15H,6-7,9H2,1H3,(H,16,17)/b10-8+. The average molecular weight is 361 g/mol. The first-order valence-corrected chi connectivity index (χ1v) is 6.65. The third-order valence-corrected chi connectivity index (χ3v) is 2.85. The molecule has 0 fully saturated rings. The van der Waals surface area contributed by atoms with Gasteiger partial charge in [-0.2, -0.15) is 0 Å². The summed E-state index contributed by atoms with van der Waals surface area (Å²) in [5.41, 5.74) is 0.789. The third-order valence-electron chi connectivity index (χ3n) is 2.13. The van der Waals surface area contributed by atoms with Crippen LogP contribution in [0.2, 0.25) is 0 Å². The lowest BCUT2D eigenvalue weighted by molar-refractivity contribution is -0.131. The summed E-state index contributed by atoms with van der Waals surface area (Å²) in [7, 11) is 0. The lowest BCUT2D eigenvalue weighted by Crippen LogP contribution is -2.23. The fourth-order valence-corrected chi connectivity index (χ4v) is 1.68. The number of aliphatic carboxylic acids is 1. The maximum absolute atomic E-state index is 10.4. The summed E-state index contributed by atoms with van der Waals surface area (Å²) in [5.74, 6) is -0.0699. The molecule has 1 aromatic rings. The van der Waals surface area contributed by atoms with E-state index in [-0.39, 0.29) is 0 Å². The number of nitrogens with one attached hydrogen (secondary N) is 1. The van der Waals surface area contributed by atoms with Crippen molar-refractivity contribution < 1.29 is 14.6 Å². The van der Waals surface area contributed by atoms with Crippen molar-refractivity contribution in [3.05, 3.63) is 39.5 Å². The first-order chi connectivity index (χ1) is 8.58. The normalized spacial score (nSPS) is 11.3. The zero-order chi connectivity index (χ0) is 13.4. The molecule has 1 rings (SSSR count). The summed E-state index contributed by atoms with van der Waals surface area (Å²) in [6.45, 7) is 3.57. The molecule has 98 valence electrons. The molecule has 0 aliphatic carbocycles. The van der Waals surface area contributed by atoms with Crippen LogP contribution < -0.4 is 10.1 Å². The highest BCUT2D eigenvalue weighted by Gasteiger charge is 1.96. The smallest absolute Gasteiger partial charge is 0.328 e. The summed E-state index contributed by atoms with van der Waals surface area (Å²) in [6.07, 6.45) is 1.20. The second-order valence-corrected chi connectivity index (χ2v) is 5.05. The van der Waals surface area contributed by atoms with Crippen molar-refractivity contribution in [1.82, 2.24) is 5.32 Å². The van der Waals surface area contributed by atoms with Crippen molar-refractivity contribution in [3.63, 3.8) is 0 Å². The molecule has 0 aliphatic heterocycles. The Kier molecular flexibility index (Phi) is 6.74.